The van der Waals surface area contributed by atoms with E-state index < -0.39 is 0 Å². The summed E-state index contributed by atoms with van der Waals surface area (Å²) >= 11 is 5.86. The Morgan fingerprint density at radius 2 is 1.97 bits per heavy atom. The minimum atomic E-state index is -0.0460. The quantitative estimate of drug-likeness (QED) is 0.569. The van der Waals surface area contributed by atoms with Crippen LogP contribution in [0, 0.1) is 0 Å². The molecule has 0 radical (unpaired) electrons. The number of thiocarbonyl (C=S) groups is 1. The molecular weight excluding hydrogens is 418 g/mol. The van der Waals surface area contributed by atoms with Gasteiger partial charge in [0.05, 0.1) is 17.8 Å². The highest BCUT2D eigenvalue weighted by atomic mass is 32.1. The van der Waals surface area contributed by atoms with Crippen LogP contribution in [0.1, 0.15) is 36.3 Å². The first kappa shape index (κ1) is 21.0. The number of benzene rings is 1. The van der Waals surface area contributed by atoms with Crippen molar-refractivity contribution in [2.45, 2.75) is 37.6 Å². The van der Waals surface area contributed by atoms with Crippen LogP contribution in [0.15, 0.2) is 67.0 Å². The molecule has 2 aliphatic rings. The van der Waals surface area contributed by atoms with Gasteiger partial charge in [0.15, 0.2) is 5.11 Å². The topological polar surface area (TPSA) is 45.6 Å². The third-order valence-corrected chi connectivity index (χ3v) is 6.65. The second-order valence-corrected chi connectivity index (χ2v) is 9.01. The lowest BCUT2D eigenvalue weighted by Gasteiger charge is -2.29. The van der Waals surface area contributed by atoms with E-state index in [0.717, 1.165) is 43.1 Å². The van der Waals surface area contributed by atoms with Gasteiger partial charge in [-0.25, -0.2) is 0 Å². The van der Waals surface area contributed by atoms with Crippen LogP contribution in [0.25, 0.3) is 0 Å². The van der Waals surface area contributed by atoms with Gasteiger partial charge in [0.2, 0.25) is 0 Å². The highest BCUT2D eigenvalue weighted by molar-refractivity contribution is 7.80. The fraction of sp³-hybridized carbons (Fsp3) is 0.360. The zero-order valence-corrected chi connectivity index (χ0v) is 19.3. The average molecular weight is 448 g/mol. The van der Waals surface area contributed by atoms with Crippen molar-refractivity contribution in [2.24, 2.45) is 0 Å². The van der Waals surface area contributed by atoms with Crippen LogP contribution in [0.2, 0.25) is 0 Å². The van der Waals surface area contributed by atoms with E-state index in [1.165, 1.54) is 5.69 Å². The van der Waals surface area contributed by atoms with Crippen LogP contribution >= 0.6 is 12.2 Å². The molecule has 0 aliphatic carbocycles. The molecule has 4 heterocycles. The van der Waals surface area contributed by atoms with Gasteiger partial charge in [-0.3, -0.25) is 4.98 Å². The van der Waals surface area contributed by atoms with Gasteiger partial charge in [0, 0.05) is 56.7 Å². The molecule has 6 nitrogen and oxygen atoms in total. The van der Waals surface area contributed by atoms with Crippen molar-refractivity contribution in [3.63, 3.8) is 0 Å². The zero-order valence-electron chi connectivity index (χ0n) is 18.5. The first-order chi connectivity index (χ1) is 15.6. The van der Waals surface area contributed by atoms with Gasteiger partial charge < -0.3 is 24.4 Å². The van der Waals surface area contributed by atoms with E-state index in [0.29, 0.717) is 5.11 Å². The monoisotopic (exact) mass is 447 g/mol. The van der Waals surface area contributed by atoms with E-state index in [9.17, 15) is 0 Å². The zero-order chi connectivity index (χ0) is 22.1. The fourth-order valence-corrected chi connectivity index (χ4v) is 5.06. The number of nitrogens with zero attached hydrogens (tertiary/aromatic N) is 4. The van der Waals surface area contributed by atoms with Crippen LogP contribution in [-0.4, -0.2) is 41.5 Å². The highest BCUT2D eigenvalue weighted by Crippen LogP contribution is 2.42. The minimum absolute atomic E-state index is 0.0148. The summed E-state index contributed by atoms with van der Waals surface area (Å²) in [6.07, 6.45) is 6.51. The van der Waals surface area contributed by atoms with Gasteiger partial charge in [-0.15, -0.1) is 0 Å². The van der Waals surface area contributed by atoms with Gasteiger partial charge in [0.1, 0.15) is 6.04 Å². The Kier molecular flexibility index (Phi) is 5.85. The van der Waals surface area contributed by atoms with E-state index in [1.807, 2.05) is 18.3 Å². The van der Waals surface area contributed by atoms with E-state index in [1.54, 1.807) is 0 Å². The number of ether oxygens (including phenoxy) is 1. The second kappa shape index (κ2) is 8.92. The van der Waals surface area contributed by atoms with Crippen molar-refractivity contribution in [3.8, 4) is 0 Å². The summed E-state index contributed by atoms with van der Waals surface area (Å²) in [6, 6.07) is 18.9. The molecule has 3 aromatic rings. The van der Waals surface area contributed by atoms with Crippen molar-refractivity contribution in [2.75, 3.05) is 30.5 Å². The van der Waals surface area contributed by atoms with Crippen molar-refractivity contribution < 1.29 is 4.74 Å². The number of aromatic nitrogens is 2. The third-order valence-electron chi connectivity index (χ3n) is 6.33. The number of pyridine rings is 1. The summed E-state index contributed by atoms with van der Waals surface area (Å²) in [4.78, 5) is 9.00. The molecule has 0 amide bonds. The maximum Gasteiger partial charge on any atom is 0.174 e. The Bertz CT molecular complexity index is 1060. The molecule has 7 heteroatoms. The lowest BCUT2D eigenvalue weighted by atomic mass is 10.0. The van der Waals surface area contributed by atoms with Crippen LogP contribution in [0.4, 0.5) is 11.4 Å². The van der Waals surface area contributed by atoms with Gasteiger partial charge in [-0.05, 0) is 73.6 Å². The van der Waals surface area contributed by atoms with Crippen LogP contribution < -0.4 is 15.1 Å². The normalized spacial score (nSPS) is 22.9. The molecule has 5 rings (SSSR count). The van der Waals surface area contributed by atoms with E-state index >= 15 is 0 Å². The smallest absolute Gasteiger partial charge is 0.174 e. The van der Waals surface area contributed by atoms with Gasteiger partial charge in [-0.2, -0.15) is 0 Å². The first-order valence-electron chi connectivity index (χ1n) is 11.2. The Morgan fingerprint density at radius 1 is 1.12 bits per heavy atom. The predicted molar refractivity (Wildman–Crippen MR) is 132 cm³/mol. The first-order valence-corrected chi connectivity index (χ1v) is 11.6. The van der Waals surface area contributed by atoms with Crippen molar-refractivity contribution in [1.29, 1.82) is 0 Å². The maximum absolute atomic E-state index is 5.93. The summed E-state index contributed by atoms with van der Waals surface area (Å²) < 4.78 is 8.26. The molecule has 166 valence electrons. The third kappa shape index (κ3) is 3.98. The van der Waals surface area contributed by atoms with Gasteiger partial charge >= 0.3 is 0 Å². The van der Waals surface area contributed by atoms with Crippen LogP contribution in [0.3, 0.4) is 0 Å². The van der Waals surface area contributed by atoms with E-state index in [-0.39, 0.29) is 18.2 Å². The Balaban J connectivity index is 1.55. The SMILES string of the molecule is CN(C)c1ccc(N2C(=S)N[C@H](c3ccccn3)[C@H]2c2cccn2C[C@@H]2CCCO2)cc1. The van der Waals surface area contributed by atoms with Gasteiger partial charge in [-0.1, -0.05) is 6.07 Å². The molecule has 0 spiro atoms. The number of hydrogen-bond acceptors (Lipinski definition) is 4. The Hall–Kier alpha value is -2.90. The summed E-state index contributed by atoms with van der Waals surface area (Å²) in [5.41, 5.74) is 4.42. The second-order valence-electron chi connectivity index (χ2n) is 8.63. The number of nitrogens with one attached hydrogen (secondary N) is 1. The summed E-state index contributed by atoms with van der Waals surface area (Å²) in [5.74, 6) is 0. The molecule has 1 aromatic carbocycles. The molecule has 32 heavy (non-hydrogen) atoms. The number of anilines is 2. The molecule has 3 atom stereocenters. The standard InChI is InChI=1S/C25H29N5OS/c1-28(2)18-10-12-19(13-11-18)30-24(23(27-25(30)32)21-8-3-4-14-26-21)22-9-5-15-29(22)17-20-7-6-16-31-20/h3-5,8-15,20,23-24H,6-7,16-17H2,1-2H3,(H,27,32)/t20-,23+,24+/m0/s1. The average Bonchev–Trinajstić information content (AvgIpc) is 3.55. The summed E-state index contributed by atoms with van der Waals surface area (Å²) in [5, 5.41) is 4.27. The highest BCUT2D eigenvalue weighted by Gasteiger charge is 2.42. The van der Waals surface area contributed by atoms with Crippen molar-refractivity contribution >= 4 is 28.7 Å². The van der Waals surface area contributed by atoms with E-state index in [4.69, 9.17) is 17.0 Å². The molecule has 0 bridgehead atoms. The molecule has 2 saturated heterocycles. The maximum atomic E-state index is 5.93. The number of hydrogen-bond donors (Lipinski definition) is 1. The fourth-order valence-electron chi connectivity index (χ4n) is 4.71. The Labute approximate surface area is 194 Å². The van der Waals surface area contributed by atoms with Gasteiger partial charge in [0.25, 0.3) is 0 Å². The van der Waals surface area contributed by atoms with Crippen molar-refractivity contribution in [1.82, 2.24) is 14.9 Å². The summed E-state index contributed by atoms with van der Waals surface area (Å²) in [7, 11) is 4.10. The summed E-state index contributed by atoms with van der Waals surface area (Å²) in [6.45, 7) is 1.71. The molecule has 1 N–H and O–H groups in total. The van der Waals surface area contributed by atoms with E-state index in [2.05, 4.69) is 87.4 Å². The van der Waals surface area contributed by atoms with Crippen LogP contribution in [0.5, 0.6) is 0 Å². The Morgan fingerprint density at radius 3 is 2.66 bits per heavy atom. The molecule has 2 fully saturated rings. The lowest BCUT2D eigenvalue weighted by Crippen LogP contribution is -2.31. The lowest BCUT2D eigenvalue weighted by molar-refractivity contribution is 0.0961. The molecular formula is C25H29N5OS. The minimum Gasteiger partial charge on any atom is -0.378 e. The molecule has 2 aromatic heterocycles. The number of rotatable bonds is 6. The molecule has 2 aliphatic heterocycles. The molecule has 0 saturated carbocycles. The largest absolute Gasteiger partial charge is 0.378 e. The predicted octanol–water partition coefficient (Wildman–Crippen LogP) is 4.31. The van der Waals surface area contributed by atoms with Crippen LogP contribution in [-0.2, 0) is 11.3 Å². The van der Waals surface area contributed by atoms with Crippen molar-refractivity contribution in [3.05, 3.63) is 78.4 Å². The molecule has 0 unspecified atom stereocenters.